The number of benzene rings is 1. The van der Waals surface area contributed by atoms with E-state index in [2.05, 4.69) is 12.2 Å². The van der Waals surface area contributed by atoms with Crippen molar-refractivity contribution in [3.8, 4) is 0 Å². The molecule has 1 aromatic rings. The van der Waals surface area contributed by atoms with Gasteiger partial charge < -0.3 is 15.0 Å². The third-order valence-corrected chi connectivity index (χ3v) is 2.76. The average molecular weight is 267 g/mol. The van der Waals surface area contributed by atoms with Crippen LogP contribution in [0.15, 0.2) is 18.2 Å². The fourth-order valence-electron chi connectivity index (χ4n) is 1.65. The van der Waals surface area contributed by atoms with E-state index in [9.17, 15) is 10.1 Å². The highest BCUT2D eigenvalue weighted by Gasteiger charge is 2.12. The number of rotatable bonds is 8. The van der Waals surface area contributed by atoms with E-state index in [-0.39, 0.29) is 10.6 Å². The molecule has 6 nitrogen and oxygen atoms in total. The van der Waals surface area contributed by atoms with Gasteiger partial charge in [-0.1, -0.05) is 6.92 Å². The minimum atomic E-state index is -0.370. The number of anilines is 2. The molecule has 0 bridgehead atoms. The first kappa shape index (κ1) is 15.2. The van der Waals surface area contributed by atoms with Gasteiger partial charge in [0, 0.05) is 50.8 Å². The first-order valence-corrected chi connectivity index (χ1v) is 6.32. The minimum Gasteiger partial charge on any atom is -0.385 e. The summed E-state index contributed by atoms with van der Waals surface area (Å²) in [6, 6.07) is 5.05. The van der Waals surface area contributed by atoms with E-state index in [0.717, 1.165) is 24.3 Å². The van der Waals surface area contributed by atoms with E-state index in [1.54, 1.807) is 19.2 Å². The molecule has 0 aromatic heterocycles. The zero-order valence-electron chi connectivity index (χ0n) is 11.7. The average Bonchev–Trinajstić information content (AvgIpc) is 2.42. The smallest absolute Gasteiger partial charge is 0.273 e. The number of ether oxygens (including phenoxy) is 1. The number of nitro benzene ring substituents is 1. The third-order valence-electron chi connectivity index (χ3n) is 2.76. The number of methoxy groups -OCH3 is 1. The second-order valence-electron chi connectivity index (χ2n) is 4.34. The lowest BCUT2D eigenvalue weighted by Crippen LogP contribution is -2.22. The van der Waals surface area contributed by atoms with Crippen molar-refractivity contribution in [1.82, 2.24) is 0 Å². The van der Waals surface area contributed by atoms with Gasteiger partial charge in [-0.05, 0) is 12.5 Å². The van der Waals surface area contributed by atoms with Gasteiger partial charge in [-0.15, -0.1) is 0 Å². The Labute approximate surface area is 113 Å². The van der Waals surface area contributed by atoms with E-state index in [1.165, 1.54) is 0 Å². The van der Waals surface area contributed by atoms with Gasteiger partial charge in [0.25, 0.3) is 5.69 Å². The zero-order chi connectivity index (χ0) is 14.3. The Morgan fingerprint density at radius 1 is 1.42 bits per heavy atom. The van der Waals surface area contributed by atoms with Crippen molar-refractivity contribution in [1.29, 1.82) is 0 Å². The predicted molar refractivity (Wildman–Crippen MR) is 77.0 cm³/mol. The van der Waals surface area contributed by atoms with Gasteiger partial charge in [-0.25, -0.2) is 0 Å². The standard InChI is InChI=1S/C13H21N3O3/c1-4-5-14-11-8-12(15(2)6-7-19-3)10-13(9-11)16(17)18/h8-10,14H,4-7H2,1-3H3. The Morgan fingerprint density at radius 3 is 2.74 bits per heavy atom. The highest BCUT2D eigenvalue weighted by atomic mass is 16.6. The molecule has 106 valence electrons. The quantitative estimate of drug-likeness (QED) is 0.579. The van der Waals surface area contributed by atoms with E-state index in [0.29, 0.717) is 13.2 Å². The lowest BCUT2D eigenvalue weighted by Gasteiger charge is -2.19. The van der Waals surface area contributed by atoms with Gasteiger partial charge >= 0.3 is 0 Å². The van der Waals surface area contributed by atoms with Crippen molar-refractivity contribution in [2.45, 2.75) is 13.3 Å². The predicted octanol–water partition coefficient (Wildman–Crippen LogP) is 2.50. The molecule has 1 rings (SSSR count). The van der Waals surface area contributed by atoms with E-state index in [4.69, 9.17) is 4.74 Å². The highest BCUT2D eigenvalue weighted by Crippen LogP contribution is 2.26. The lowest BCUT2D eigenvalue weighted by atomic mass is 10.2. The van der Waals surface area contributed by atoms with Gasteiger partial charge in [-0.3, -0.25) is 10.1 Å². The second kappa shape index (κ2) is 7.58. The Morgan fingerprint density at radius 2 is 2.16 bits per heavy atom. The van der Waals surface area contributed by atoms with Crippen molar-refractivity contribution < 1.29 is 9.66 Å². The van der Waals surface area contributed by atoms with Crippen molar-refractivity contribution in [2.75, 3.05) is 44.1 Å². The van der Waals surface area contributed by atoms with Gasteiger partial charge in [0.2, 0.25) is 0 Å². The lowest BCUT2D eigenvalue weighted by molar-refractivity contribution is -0.384. The maximum atomic E-state index is 11.0. The number of nitro groups is 1. The van der Waals surface area contributed by atoms with Crippen molar-refractivity contribution in [3.05, 3.63) is 28.3 Å². The number of likely N-dealkylation sites (N-methyl/N-ethyl adjacent to an activating group) is 1. The van der Waals surface area contributed by atoms with Crippen LogP contribution in [0.2, 0.25) is 0 Å². The number of hydrogen-bond acceptors (Lipinski definition) is 5. The second-order valence-corrected chi connectivity index (χ2v) is 4.34. The van der Waals surface area contributed by atoms with Crippen LogP contribution in [0.4, 0.5) is 17.1 Å². The van der Waals surface area contributed by atoms with E-state index >= 15 is 0 Å². The molecule has 0 saturated carbocycles. The normalized spacial score (nSPS) is 10.3. The summed E-state index contributed by atoms with van der Waals surface area (Å²) < 4.78 is 5.02. The van der Waals surface area contributed by atoms with Crippen LogP contribution >= 0.6 is 0 Å². The minimum absolute atomic E-state index is 0.0976. The summed E-state index contributed by atoms with van der Waals surface area (Å²) in [5.74, 6) is 0. The van der Waals surface area contributed by atoms with E-state index in [1.807, 2.05) is 18.0 Å². The summed E-state index contributed by atoms with van der Waals surface area (Å²) in [6.45, 7) is 4.11. The molecular weight excluding hydrogens is 246 g/mol. The summed E-state index contributed by atoms with van der Waals surface area (Å²) in [7, 11) is 3.52. The van der Waals surface area contributed by atoms with Crippen LogP contribution in [-0.4, -0.2) is 38.8 Å². The molecule has 0 spiro atoms. The Kier molecular flexibility index (Phi) is 6.08. The molecular formula is C13H21N3O3. The van der Waals surface area contributed by atoms with Gasteiger partial charge in [0.1, 0.15) is 0 Å². The number of non-ortho nitro benzene ring substituents is 1. The van der Waals surface area contributed by atoms with Gasteiger partial charge in [0.05, 0.1) is 11.5 Å². The molecule has 6 heteroatoms. The zero-order valence-corrected chi connectivity index (χ0v) is 11.7. The number of nitrogens with zero attached hydrogens (tertiary/aromatic N) is 2. The number of hydrogen-bond donors (Lipinski definition) is 1. The molecule has 0 amide bonds. The van der Waals surface area contributed by atoms with Crippen molar-refractivity contribution in [2.24, 2.45) is 0 Å². The molecule has 1 aromatic carbocycles. The van der Waals surface area contributed by atoms with Gasteiger partial charge in [-0.2, -0.15) is 0 Å². The molecule has 0 radical (unpaired) electrons. The monoisotopic (exact) mass is 267 g/mol. The van der Waals surface area contributed by atoms with Crippen LogP contribution < -0.4 is 10.2 Å². The highest BCUT2D eigenvalue weighted by molar-refractivity contribution is 5.64. The van der Waals surface area contributed by atoms with Crippen molar-refractivity contribution in [3.63, 3.8) is 0 Å². The molecule has 0 heterocycles. The van der Waals surface area contributed by atoms with Crippen LogP contribution in [0.5, 0.6) is 0 Å². The maximum Gasteiger partial charge on any atom is 0.273 e. The van der Waals surface area contributed by atoms with E-state index < -0.39 is 0 Å². The maximum absolute atomic E-state index is 11.0. The molecule has 0 aliphatic heterocycles. The van der Waals surface area contributed by atoms with Crippen molar-refractivity contribution >= 4 is 17.1 Å². The van der Waals surface area contributed by atoms with Gasteiger partial charge in [0.15, 0.2) is 0 Å². The Hall–Kier alpha value is -1.82. The van der Waals surface area contributed by atoms with Crippen LogP contribution in [0.3, 0.4) is 0 Å². The third kappa shape index (κ3) is 4.75. The molecule has 19 heavy (non-hydrogen) atoms. The summed E-state index contributed by atoms with van der Waals surface area (Å²) in [5.41, 5.74) is 1.68. The topological polar surface area (TPSA) is 67.6 Å². The SMILES string of the molecule is CCCNc1cc(N(C)CCOC)cc([N+](=O)[O-])c1. The largest absolute Gasteiger partial charge is 0.385 e. The molecule has 0 saturated heterocycles. The molecule has 0 atom stereocenters. The number of nitrogens with one attached hydrogen (secondary N) is 1. The first-order chi connectivity index (χ1) is 9.08. The fourth-order valence-corrected chi connectivity index (χ4v) is 1.65. The Bertz CT molecular complexity index is 424. The molecule has 0 aliphatic rings. The molecule has 0 aliphatic carbocycles. The molecule has 0 fully saturated rings. The molecule has 0 unspecified atom stereocenters. The van der Waals surface area contributed by atoms with Crippen LogP contribution in [0.25, 0.3) is 0 Å². The first-order valence-electron chi connectivity index (χ1n) is 6.32. The summed E-state index contributed by atoms with van der Waals surface area (Å²) in [4.78, 5) is 12.5. The summed E-state index contributed by atoms with van der Waals surface area (Å²) >= 11 is 0. The van der Waals surface area contributed by atoms with Crippen LogP contribution in [0, 0.1) is 10.1 Å². The molecule has 1 N–H and O–H groups in total. The van der Waals surface area contributed by atoms with Crippen LogP contribution in [0.1, 0.15) is 13.3 Å². The fraction of sp³-hybridized carbons (Fsp3) is 0.538. The van der Waals surface area contributed by atoms with Crippen LogP contribution in [-0.2, 0) is 4.74 Å². The Balaban J connectivity index is 2.94. The summed E-state index contributed by atoms with van der Waals surface area (Å²) in [5, 5.41) is 14.1. The summed E-state index contributed by atoms with van der Waals surface area (Å²) in [6.07, 6.45) is 0.970.